The number of amides is 3. The summed E-state index contributed by atoms with van der Waals surface area (Å²) in [6, 6.07) is 6.36. The summed E-state index contributed by atoms with van der Waals surface area (Å²) in [5.74, 6) is -3.86. The van der Waals surface area contributed by atoms with Gasteiger partial charge in [0.2, 0.25) is 11.8 Å². The van der Waals surface area contributed by atoms with E-state index >= 15 is 0 Å². The Hall–Kier alpha value is -0.690. The van der Waals surface area contributed by atoms with Crippen molar-refractivity contribution < 1.29 is 14.4 Å². The van der Waals surface area contributed by atoms with Crippen LogP contribution in [0.4, 0.5) is 5.69 Å². The fourth-order valence-electron chi connectivity index (χ4n) is 5.31. The molecule has 170 valence electrons. The number of rotatable bonds is 2. The monoisotopic (exact) mass is 554 g/mol. The molecular formula is C21H16Cl6N2O3. The molecule has 0 aromatic heterocycles. The molecule has 1 saturated carbocycles. The van der Waals surface area contributed by atoms with E-state index in [9.17, 15) is 14.4 Å². The molecule has 2 aliphatic heterocycles. The first kappa shape index (κ1) is 23.1. The minimum Gasteiger partial charge on any atom is -0.339 e. The molecule has 3 fully saturated rings. The number of likely N-dealkylation sites (tertiary alicyclic amines) is 1. The number of carbonyl (C=O) groups is 3. The van der Waals surface area contributed by atoms with Crippen molar-refractivity contribution in [3.63, 3.8) is 0 Å². The molecule has 2 aliphatic carbocycles. The molecule has 0 radical (unpaired) electrons. The van der Waals surface area contributed by atoms with Crippen molar-refractivity contribution in [2.24, 2.45) is 11.8 Å². The summed E-state index contributed by atoms with van der Waals surface area (Å²) in [7, 11) is 0. The van der Waals surface area contributed by atoms with Crippen LogP contribution < -0.4 is 4.90 Å². The summed E-state index contributed by atoms with van der Waals surface area (Å²) in [6.07, 6.45) is 2.98. The predicted octanol–water partition coefficient (Wildman–Crippen LogP) is 5.26. The molecule has 2 saturated heterocycles. The number of hydrogen-bond acceptors (Lipinski definition) is 3. The summed E-state index contributed by atoms with van der Waals surface area (Å²) >= 11 is 39.1. The molecular weight excluding hydrogens is 541 g/mol. The van der Waals surface area contributed by atoms with Gasteiger partial charge in [-0.3, -0.25) is 14.4 Å². The Labute approximate surface area is 214 Å². The smallest absolute Gasteiger partial charge is 0.253 e. The predicted molar refractivity (Wildman–Crippen MR) is 126 cm³/mol. The van der Waals surface area contributed by atoms with E-state index in [-0.39, 0.29) is 21.7 Å². The number of nitrogens with zero attached hydrogens (tertiary/aromatic N) is 2. The average molecular weight is 557 g/mol. The van der Waals surface area contributed by atoms with E-state index in [1.807, 2.05) is 0 Å². The number of anilines is 1. The number of carbonyl (C=O) groups excluding carboxylic acids is 3. The first-order chi connectivity index (χ1) is 15.0. The lowest BCUT2D eigenvalue weighted by atomic mass is 9.84. The average Bonchev–Trinajstić information content (AvgIpc) is 3.17. The number of halogens is 6. The Morgan fingerprint density at radius 1 is 0.875 bits per heavy atom. The summed E-state index contributed by atoms with van der Waals surface area (Å²) in [6.45, 7) is 1.35. The molecule has 1 aromatic rings. The lowest BCUT2D eigenvalue weighted by Gasteiger charge is -2.34. The van der Waals surface area contributed by atoms with Crippen LogP contribution in [0.5, 0.6) is 0 Å². The third kappa shape index (κ3) is 2.59. The normalized spacial score (nSPS) is 35.7. The largest absolute Gasteiger partial charge is 0.339 e. The Kier molecular flexibility index (Phi) is 5.34. The number of benzene rings is 1. The zero-order chi connectivity index (χ0) is 23.2. The summed E-state index contributed by atoms with van der Waals surface area (Å²) in [5.41, 5.74) is 0.614. The lowest BCUT2D eigenvalue weighted by Crippen LogP contribution is -2.50. The van der Waals surface area contributed by atoms with E-state index in [4.69, 9.17) is 69.6 Å². The van der Waals surface area contributed by atoms with Crippen molar-refractivity contribution in [2.75, 3.05) is 18.0 Å². The van der Waals surface area contributed by atoms with E-state index in [0.717, 1.165) is 24.2 Å². The molecule has 3 amide bonds. The van der Waals surface area contributed by atoms with Gasteiger partial charge in [-0.25, -0.2) is 4.90 Å². The minimum atomic E-state index is -1.98. The molecule has 0 spiro atoms. The maximum atomic E-state index is 13.5. The van der Waals surface area contributed by atoms with Crippen LogP contribution in [0.25, 0.3) is 0 Å². The molecule has 2 bridgehead atoms. The van der Waals surface area contributed by atoms with Gasteiger partial charge in [-0.05, 0) is 37.5 Å². The zero-order valence-corrected chi connectivity index (χ0v) is 20.9. The summed E-state index contributed by atoms with van der Waals surface area (Å²) < 4.78 is -1.98. The quantitative estimate of drug-likeness (QED) is 0.369. The summed E-state index contributed by atoms with van der Waals surface area (Å²) in [5, 5.41) is -0.279. The van der Waals surface area contributed by atoms with Crippen molar-refractivity contribution in [3.05, 3.63) is 39.9 Å². The van der Waals surface area contributed by atoms with Crippen LogP contribution in [-0.2, 0) is 9.59 Å². The highest BCUT2D eigenvalue weighted by Crippen LogP contribution is 2.77. The van der Waals surface area contributed by atoms with Gasteiger partial charge in [-0.15, -0.1) is 23.2 Å². The lowest BCUT2D eigenvalue weighted by molar-refractivity contribution is -0.123. The fourth-order valence-corrected chi connectivity index (χ4v) is 8.24. The van der Waals surface area contributed by atoms with Crippen molar-refractivity contribution in [1.29, 1.82) is 0 Å². The van der Waals surface area contributed by atoms with Crippen molar-refractivity contribution in [1.82, 2.24) is 4.90 Å². The van der Waals surface area contributed by atoms with Gasteiger partial charge in [0.15, 0.2) is 4.33 Å². The second kappa shape index (κ2) is 7.40. The van der Waals surface area contributed by atoms with Gasteiger partial charge in [0.1, 0.15) is 9.75 Å². The van der Waals surface area contributed by atoms with Gasteiger partial charge >= 0.3 is 0 Å². The van der Waals surface area contributed by atoms with Crippen LogP contribution in [0, 0.1) is 11.8 Å². The number of hydrogen-bond donors (Lipinski definition) is 0. The SMILES string of the molecule is O=C(c1cccc(N2C(=O)[C@@H]3[C@H](C2=O)[C@]2(Cl)C(Cl)=C(Cl)[C@]3(Cl)C2(Cl)Cl)c1)N1CCCCC1. The molecule has 0 N–H and O–H groups in total. The first-order valence-electron chi connectivity index (χ1n) is 10.1. The van der Waals surface area contributed by atoms with E-state index < -0.39 is 37.7 Å². The molecule has 32 heavy (non-hydrogen) atoms. The Bertz CT molecular complexity index is 1050. The topological polar surface area (TPSA) is 57.7 Å². The van der Waals surface area contributed by atoms with Gasteiger partial charge in [-0.2, -0.15) is 0 Å². The van der Waals surface area contributed by atoms with Crippen molar-refractivity contribution in [2.45, 2.75) is 33.3 Å². The van der Waals surface area contributed by atoms with Crippen LogP contribution in [0.15, 0.2) is 34.3 Å². The van der Waals surface area contributed by atoms with Crippen molar-refractivity contribution in [3.8, 4) is 0 Å². The number of fused-ring (bicyclic) bond motifs is 5. The van der Waals surface area contributed by atoms with Crippen LogP contribution in [0.2, 0.25) is 0 Å². The van der Waals surface area contributed by atoms with Gasteiger partial charge in [0.05, 0.1) is 27.6 Å². The Balaban J connectivity index is 1.53. The van der Waals surface area contributed by atoms with E-state index in [2.05, 4.69) is 0 Å². The second-order valence-electron chi connectivity index (χ2n) is 8.50. The van der Waals surface area contributed by atoms with E-state index in [1.165, 1.54) is 6.07 Å². The second-order valence-corrected chi connectivity index (χ2v) is 11.8. The highest BCUT2D eigenvalue weighted by Gasteiger charge is 2.87. The number of allylic oxidation sites excluding steroid dienone is 2. The van der Waals surface area contributed by atoms with Crippen LogP contribution in [-0.4, -0.2) is 49.8 Å². The van der Waals surface area contributed by atoms with Gasteiger partial charge in [0.25, 0.3) is 5.91 Å². The fraction of sp³-hybridized carbons (Fsp3) is 0.476. The molecule has 4 aliphatic rings. The maximum absolute atomic E-state index is 13.5. The van der Waals surface area contributed by atoms with Crippen molar-refractivity contribution >= 4 is 93.0 Å². The third-order valence-corrected chi connectivity index (χ3v) is 11.2. The van der Waals surface area contributed by atoms with Crippen LogP contribution in [0.3, 0.4) is 0 Å². The number of imide groups is 1. The summed E-state index contributed by atoms with van der Waals surface area (Å²) in [4.78, 5) is 38.9. The van der Waals surface area contributed by atoms with Crippen LogP contribution >= 0.6 is 69.6 Å². The van der Waals surface area contributed by atoms with E-state index in [1.54, 1.807) is 23.1 Å². The highest BCUT2D eigenvalue weighted by atomic mass is 35.5. The maximum Gasteiger partial charge on any atom is 0.253 e. The Morgan fingerprint density at radius 2 is 1.41 bits per heavy atom. The van der Waals surface area contributed by atoms with Gasteiger partial charge < -0.3 is 4.90 Å². The molecule has 2 heterocycles. The first-order valence-corrected chi connectivity index (χ1v) is 12.4. The number of alkyl halides is 4. The molecule has 11 heteroatoms. The molecule has 5 rings (SSSR count). The molecule has 0 unspecified atom stereocenters. The third-order valence-electron chi connectivity index (χ3n) is 6.90. The number of piperidine rings is 1. The zero-order valence-electron chi connectivity index (χ0n) is 16.4. The molecule has 5 nitrogen and oxygen atoms in total. The van der Waals surface area contributed by atoms with E-state index in [0.29, 0.717) is 18.7 Å². The van der Waals surface area contributed by atoms with Gasteiger partial charge in [-0.1, -0.05) is 52.5 Å². The van der Waals surface area contributed by atoms with Gasteiger partial charge in [0, 0.05) is 18.7 Å². The highest BCUT2D eigenvalue weighted by molar-refractivity contribution is 6.67. The van der Waals surface area contributed by atoms with Crippen LogP contribution in [0.1, 0.15) is 29.6 Å². The minimum absolute atomic E-state index is 0.140. The Morgan fingerprint density at radius 3 is 1.94 bits per heavy atom. The standard InChI is InChI=1S/C21H16Cl6N2O3/c22-14-15(23)20(25)13-12(19(14,24)21(20,26)27)17(31)29(18(13)32)11-6-4-5-10(9-11)16(30)28-7-2-1-3-8-28/h4-6,9,12-13H,1-3,7-8H2/t12-,13+,19-,20-/m0/s1. The molecule has 1 aromatic carbocycles. The molecule has 4 atom stereocenters.